The van der Waals surface area contributed by atoms with Crippen LogP contribution in [0.1, 0.15) is 92.4 Å². The summed E-state index contributed by atoms with van der Waals surface area (Å²) in [4.78, 5) is 0. The molecule has 2 N–H and O–H groups in total. The lowest BCUT2D eigenvalue weighted by Crippen LogP contribution is -2.55. The van der Waals surface area contributed by atoms with E-state index in [4.69, 9.17) is 4.74 Å². The van der Waals surface area contributed by atoms with E-state index in [0.717, 1.165) is 32.1 Å². The Bertz CT molecular complexity index is 758. The third-order valence-electron chi connectivity index (χ3n) is 11.5. The van der Waals surface area contributed by atoms with Crippen LogP contribution in [0.3, 0.4) is 0 Å². The number of fused-ring (bicyclic) bond motifs is 5. The number of rotatable bonds is 7. The summed E-state index contributed by atoms with van der Waals surface area (Å²) in [5, 5.41) is 21.4. The zero-order valence-corrected chi connectivity index (χ0v) is 22.1. The van der Waals surface area contributed by atoms with Crippen molar-refractivity contribution < 1.29 is 14.9 Å². The largest absolute Gasteiger partial charge is 0.393 e. The fourth-order valence-corrected chi connectivity index (χ4v) is 9.09. The van der Waals surface area contributed by atoms with Gasteiger partial charge >= 0.3 is 0 Å². The van der Waals surface area contributed by atoms with Crippen LogP contribution < -0.4 is 0 Å². The van der Waals surface area contributed by atoms with Crippen molar-refractivity contribution in [2.75, 3.05) is 7.11 Å². The Morgan fingerprint density at radius 2 is 1.88 bits per heavy atom. The maximum Gasteiger partial charge on any atom is 0.0847 e. The highest BCUT2D eigenvalue weighted by atomic mass is 16.5. The van der Waals surface area contributed by atoms with Gasteiger partial charge in [0.25, 0.3) is 0 Å². The topological polar surface area (TPSA) is 49.7 Å². The van der Waals surface area contributed by atoms with Gasteiger partial charge < -0.3 is 14.9 Å². The van der Waals surface area contributed by atoms with Crippen LogP contribution >= 0.6 is 0 Å². The Morgan fingerprint density at radius 3 is 2.52 bits per heavy atom. The van der Waals surface area contributed by atoms with E-state index in [1.807, 2.05) is 7.11 Å². The van der Waals surface area contributed by atoms with Crippen molar-refractivity contribution in [3.05, 3.63) is 24.3 Å². The van der Waals surface area contributed by atoms with Crippen LogP contribution in [-0.4, -0.2) is 35.1 Å². The summed E-state index contributed by atoms with van der Waals surface area (Å²) in [6.07, 6.45) is 14.2. The Hall–Kier alpha value is -0.640. The van der Waals surface area contributed by atoms with E-state index < -0.39 is 5.60 Å². The van der Waals surface area contributed by atoms with E-state index in [9.17, 15) is 10.2 Å². The van der Waals surface area contributed by atoms with Crippen LogP contribution in [0.15, 0.2) is 24.3 Å². The molecule has 0 aromatic heterocycles. The van der Waals surface area contributed by atoms with Gasteiger partial charge in [0, 0.05) is 7.11 Å². The van der Waals surface area contributed by atoms with Crippen LogP contribution in [-0.2, 0) is 4.74 Å². The zero-order valence-electron chi connectivity index (χ0n) is 22.1. The molecule has 0 radical (unpaired) electrons. The van der Waals surface area contributed by atoms with Gasteiger partial charge in [0.05, 0.1) is 17.8 Å². The summed E-state index contributed by atoms with van der Waals surface area (Å²) in [6, 6.07) is 0. The lowest BCUT2D eigenvalue weighted by Gasteiger charge is -2.60. The molecular weight excluding hydrogens is 408 g/mol. The first-order valence-electron chi connectivity index (χ1n) is 13.8. The fraction of sp³-hybridized carbons (Fsp3) is 0.867. The predicted molar refractivity (Wildman–Crippen MR) is 136 cm³/mol. The predicted octanol–water partition coefficient (Wildman–Crippen LogP) is 6.54. The molecule has 188 valence electrons. The molecule has 0 bridgehead atoms. The summed E-state index contributed by atoms with van der Waals surface area (Å²) in [6.45, 7) is 15.6. The summed E-state index contributed by atoms with van der Waals surface area (Å²) in [5.74, 6) is 3.50. The Morgan fingerprint density at radius 1 is 1.15 bits per heavy atom. The minimum absolute atomic E-state index is 0.177. The average molecular weight is 459 g/mol. The average Bonchev–Trinajstić information content (AvgIpc) is 3.14. The van der Waals surface area contributed by atoms with E-state index in [1.54, 1.807) is 6.08 Å². The Kier molecular flexibility index (Phi) is 7.02. The summed E-state index contributed by atoms with van der Waals surface area (Å²) >= 11 is 0. The molecule has 0 aliphatic heterocycles. The smallest absolute Gasteiger partial charge is 0.0847 e. The van der Waals surface area contributed by atoms with E-state index in [2.05, 4.69) is 47.3 Å². The molecule has 4 rings (SSSR count). The molecular formula is C30H50O3. The number of ether oxygens (including phenoxy) is 1. The standard InChI is InChI=1S/C30H50O3/c1-8-30(32,19(2)3)16-11-20(4)23-9-10-24-27-25(13-15-29(23,24)6)28(5)14-12-22(31)17-21(28)18-26(27)33-7/h8,18-20,22-27,31-32H,1,9-17H2,2-7H3/t20-,22+,23-,24+,25+,26+,27+,28+,29-,30+/m1/s1. The molecule has 4 aliphatic carbocycles. The Balaban J connectivity index is 1.56. The molecule has 3 saturated carbocycles. The van der Waals surface area contributed by atoms with Crippen LogP contribution in [0.2, 0.25) is 0 Å². The van der Waals surface area contributed by atoms with Gasteiger partial charge in [-0.3, -0.25) is 0 Å². The highest BCUT2D eigenvalue weighted by molar-refractivity contribution is 5.28. The quantitative estimate of drug-likeness (QED) is 0.426. The molecule has 0 amide bonds. The van der Waals surface area contributed by atoms with E-state index in [0.29, 0.717) is 35.0 Å². The van der Waals surface area contributed by atoms with Crippen molar-refractivity contribution in [1.82, 2.24) is 0 Å². The molecule has 3 fully saturated rings. The third kappa shape index (κ3) is 4.08. The number of aliphatic hydroxyl groups is 2. The molecule has 0 heterocycles. The van der Waals surface area contributed by atoms with Crippen molar-refractivity contribution in [3.8, 4) is 0 Å². The maximum absolute atomic E-state index is 11.0. The number of hydrogen-bond acceptors (Lipinski definition) is 3. The zero-order chi connectivity index (χ0) is 24.2. The van der Waals surface area contributed by atoms with Crippen molar-refractivity contribution in [3.63, 3.8) is 0 Å². The maximum atomic E-state index is 11.0. The van der Waals surface area contributed by atoms with Gasteiger partial charge in [-0.25, -0.2) is 0 Å². The second-order valence-corrected chi connectivity index (χ2v) is 13.1. The van der Waals surface area contributed by atoms with Crippen molar-refractivity contribution in [2.45, 2.75) is 110 Å². The van der Waals surface area contributed by atoms with Crippen molar-refractivity contribution in [1.29, 1.82) is 0 Å². The highest BCUT2D eigenvalue weighted by Gasteiger charge is 2.61. The van der Waals surface area contributed by atoms with Crippen molar-refractivity contribution >= 4 is 0 Å². The van der Waals surface area contributed by atoms with Gasteiger partial charge in [0.1, 0.15) is 0 Å². The fourth-order valence-electron chi connectivity index (χ4n) is 9.09. The SMILES string of the molecule is C=C[C@](O)(CC[C@@H](C)[C@H]1CC[C@H]2[C@@H]3[C@@H](OC)C=C4C[C@@H](O)CC[C@]4(C)[C@H]3CC[C@]12C)C(C)C. The monoisotopic (exact) mass is 458 g/mol. The Labute approximate surface area is 203 Å². The summed E-state index contributed by atoms with van der Waals surface area (Å²) in [7, 11) is 1.89. The van der Waals surface area contributed by atoms with Crippen LogP contribution in [0.25, 0.3) is 0 Å². The van der Waals surface area contributed by atoms with Crippen LogP contribution in [0, 0.1) is 46.3 Å². The molecule has 3 nitrogen and oxygen atoms in total. The van der Waals surface area contributed by atoms with Crippen LogP contribution in [0.5, 0.6) is 0 Å². The molecule has 4 aliphatic rings. The summed E-state index contributed by atoms with van der Waals surface area (Å²) in [5.41, 5.74) is 1.31. The van der Waals surface area contributed by atoms with Gasteiger partial charge in [-0.1, -0.05) is 52.3 Å². The van der Waals surface area contributed by atoms with Gasteiger partial charge in [-0.05, 0) is 104 Å². The van der Waals surface area contributed by atoms with Gasteiger partial charge in [-0.2, -0.15) is 0 Å². The normalized spacial score (nSPS) is 45.4. The number of aliphatic hydroxyl groups excluding tert-OH is 1. The number of methoxy groups -OCH3 is 1. The first-order chi connectivity index (χ1) is 15.5. The second-order valence-electron chi connectivity index (χ2n) is 13.1. The van der Waals surface area contributed by atoms with E-state index in [-0.39, 0.29) is 23.5 Å². The molecule has 0 aromatic rings. The molecule has 10 atom stereocenters. The molecule has 0 aromatic carbocycles. The van der Waals surface area contributed by atoms with Gasteiger partial charge in [0.15, 0.2) is 0 Å². The lowest BCUT2D eigenvalue weighted by atomic mass is 9.46. The highest BCUT2D eigenvalue weighted by Crippen LogP contribution is 2.67. The van der Waals surface area contributed by atoms with Crippen molar-refractivity contribution in [2.24, 2.45) is 46.3 Å². The minimum atomic E-state index is -0.753. The summed E-state index contributed by atoms with van der Waals surface area (Å²) < 4.78 is 6.17. The molecule has 33 heavy (non-hydrogen) atoms. The van der Waals surface area contributed by atoms with E-state index in [1.165, 1.54) is 31.3 Å². The van der Waals surface area contributed by atoms with Gasteiger partial charge in [-0.15, -0.1) is 6.58 Å². The molecule has 3 heteroatoms. The molecule has 0 spiro atoms. The molecule has 0 unspecified atom stereocenters. The molecule has 0 saturated heterocycles. The third-order valence-corrected chi connectivity index (χ3v) is 11.5. The van der Waals surface area contributed by atoms with E-state index >= 15 is 0 Å². The first-order valence-corrected chi connectivity index (χ1v) is 13.8. The lowest BCUT2D eigenvalue weighted by molar-refractivity contribution is -0.106. The van der Waals surface area contributed by atoms with Gasteiger partial charge in [0.2, 0.25) is 0 Å². The second kappa shape index (κ2) is 9.10. The number of hydrogen-bond donors (Lipinski definition) is 2. The first kappa shape index (κ1) is 25.5. The minimum Gasteiger partial charge on any atom is -0.393 e. The van der Waals surface area contributed by atoms with Crippen LogP contribution in [0.4, 0.5) is 0 Å².